The zero-order chi connectivity index (χ0) is 13.7. The average Bonchev–Trinajstić information content (AvgIpc) is 2.47. The summed E-state index contributed by atoms with van der Waals surface area (Å²) >= 11 is 0. The number of benzene rings is 2. The third kappa shape index (κ3) is 2.88. The SMILES string of the molecule is COc1cc(CCN)cc(-c2ccccc2)c1OC. The molecule has 2 aromatic carbocycles. The van der Waals surface area contributed by atoms with Gasteiger partial charge in [-0.05, 0) is 36.2 Å². The van der Waals surface area contributed by atoms with Crippen LogP contribution in [-0.4, -0.2) is 20.8 Å². The summed E-state index contributed by atoms with van der Waals surface area (Å²) in [4.78, 5) is 0. The lowest BCUT2D eigenvalue weighted by molar-refractivity contribution is 0.355. The molecule has 0 aliphatic carbocycles. The standard InChI is InChI=1S/C16H19NO2/c1-18-15-11-12(8-9-17)10-14(16(15)19-2)13-6-4-3-5-7-13/h3-7,10-11H,8-9,17H2,1-2H3. The fourth-order valence-electron chi connectivity index (χ4n) is 2.16. The van der Waals surface area contributed by atoms with E-state index in [0.717, 1.165) is 34.6 Å². The molecule has 0 aliphatic heterocycles. The Kier molecular flexibility index (Phi) is 4.42. The van der Waals surface area contributed by atoms with Crippen molar-refractivity contribution in [3.8, 4) is 22.6 Å². The second-order valence-corrected chi connectivity index (χ2v) is 4.28. The summed E-state index contributed by atoms with van der Waals surface area (Å²) in [6.45, 7) is 0.615. The Hall–Kier alpha value is -2.00. The van der Waals surface area contributed by atoms with Crippen molar-refractivity contribution >= 4 is 0 Å². The van der Waals surface area contributed by atoms with Crippen molar-refractivity contribution in [3.05, 3.63) is 48.0 Å². The maximum absolute atomic E-state index is 5.64. The highest BCUT2D eigenvalue weighted by Crippen LogP contribution is 2.39. The van der Waals surface area contributed by atoms with Gasteiger partial charge in [0.05, 0.1) is 14.2 Å². The van der Waals surface area contributed by atoms with Crippen LogP contribution in [0.4, 0.5) is 0 Å². The molecular weight excluding hydrogens is 238 g/mol. The minimum absolute atomic E-state index is 0.615. The minimum Gasteiger partial charge on any atom is -0.493 e. The van der Waals surface area contributed by atoms with E-state index in [1.807, 2.05) is 24.3 Å². The molecule has 100 valence electrons. The predicted molar refractivity (Wildman–Crippen MR) is 77.7 cm³/mol. The van der Waals surface area contributed by atoms with E-state index in [1.165, 1.54) is 0 Å². The first-order valence-electron chi connectivity index (χ1n) is 6.30. The van der Waals surface area contributed by atoms with E-state index >= 15 is 0 Å². The molecule has 0 radical (unpaired) electrons. The molecule has 0 amide bonds. The van der Waals surface area contributed by atoms with Gasteiger partial charge in [0, 0.05) is 5.56 Å². The van der Waals surface area contributed by atoms with Gasteiger partial charge in [-0.2, -0.15) is 0 Å². The van der Waals surface area contributed by atoms with Gasteiger partial charge in [0.25, 0.3) is 0 Å². The molecule has 3 nitrogen and oxygen atoms in total. The summed E-state index contributed by atoms with van der Waals surface area (Å²) in [5.41, 5.74) is 8.93. The van der Waals surface area contributed by atoms with Gasteiger partial charge in [-0.3, -0.25) is 0 Å². The first-order valence-corrected chi connectivity index (χ1v) is 6.30. The molecule has 0 aromatic heterocycles. The minimum atomic E-state index is 0.615. The van der Waals surface area contributed by atoms with E-state index in [9.17, 15) is 0 Å². The zero-order valence-corrected chi connectivity index (χ0v) is 11.3. The lowest BCUT2D eigenvalue weighted by atomic mass is 10.00. The number of ether oxygens (including phenoxy) is 2. The van der Waals surface area contributed by atoms with Crippen LogP contribution in [0.5, 0.6) is 11.5 Å². The molecule has 0 aliphatic rings. The first-order chi connectivity index (χ1) is 9.30. The Morgan fingerprint density at radius 3 is 2.32 bits per heavy atom. The lowest BCUT2D eigenvalue weighted by Gasteiger charge is -2.15. The van der Waals surface area contributed by atoms with Crippen LogP contribution >= 0.6 is 0 Å². The van der Waals surface area contributed by atoms with E-state index < -0.39 is 0 Å². The summed E-state index contributed by atoms with van der Waals surface area (Å²) in [6.07, 6.45) is 0.820. The number of rotatable bonds is 5. The number of hydrogen-bond donors (Lipinski definition) is 1. The summed E-state index contributed by atoms with van der Waals surface area (Å²) in [6, 6.07) is 14.2. The average molecular weight is 257 g/mol. The molecule has 0 spiro atoms. The molecule has 0 saturated carbocycles. The van der Waals surface area contributed by atoms with Gasteiger partial charge in [-0.25, -0.2) is 0 Å². The summed E-state index contributed by atoms with van der Waals surface area (Å²) in [5.74, 6) is 1.50. The highest BCUT2D eigenvalue weighted by Gasteiger charge is 2.13. The highest BCUT2D eigenvalue weighted by atomic mass is 16.5. The van der Waals surface area contributed by atoms with Crippen LogP contribution in [0.1, 0.15) is 5.56 Å². The second-order valence-electron chi connectivity index (χ2n) is 4.28. The fraction of sp³-hybridized carbons (Fsp3) is 0.250. The van der Waals surface area contributed by atoms with Crippen LogP contribution in [0, 0.1) is 0 Å². The first kappa shape index (κ1) is 13.4. The molecule has 0 unspecified atom stereocenters. The van der Waals surface area contributed by atoms with Crippen LogP contribution < -0.4 is 15.2 Å². The number of nitrogens with two attached hydrogens (primary N) is 1. The Bertz CT molecular complexity index is 538. The lowest BCUT2D eigenvalue weighted by Crippen LogP contribution is -2.04. The molecule has 0 atom stereocenters. The van der Waals surface area contributed by atoms with Gasteiger partial charge < -0.3 is 15.2 Å². The quantitative estimate of drug-likeness (QED) is 0.895. The van der Waals surface area contributed by atoms with Crippen molar-refractivity contribution in [2.75, 3.05) is 20.8 Å². The van der Waals surface area contributed by atoms with Crippen LogP contribution in [0.3, 0.4) is 0 Å². The van der Waals surface area contributed by atoms with Crippen molar-refractivity contribution in [2.24, 2.45) is 5.73 Å². The van der Waals surface area contributed by atoms with Crippen molar-refractivity contribution in [1.82, 2.24) is 0 Å². The Morgan fingerprint density at radius 1 is 1.00 bits per heavy atom. The molecule has 2 rings (SSSR count). The van der Waals surface area contributed by atoms with E-state index in [1.54, 1.807) is 14.2 Å². The maximum Gasteiger partial charge on any atom is 0.168 e. The third-order valence-electron chi connectivity index (χ3n) is 3.06. The van der Waals surface area contributed by atoms with Gasteiger partial charge >= 0.3 is 0 Å². The third-order valence-corrected chi connectivity index (χ3v) is 3.06. The summed E-state index contributed by atoms with van der Waals surface area (Å²) in [7, 11) is 3.31. The summed E-state index contributed by atoms with van der Waals surface area (Å²) in [5, 5.41) is 0. The maximum atomic E-state index is 5.64. The monoisotopic (exact) mass is 257 g/mol. The molecule has 19 heavy (non-hydrogen) atoms. The van der Waals surface area contributed by atoms with Gasteiger partial charge in [0.2, 0.25) is 0 Å². The topological polar surface area (TPSA) is 44.5 Å². The number of hydrogen-bond acceptors (Lipinski definition) is 3. The van der Waals surface area contributed by atoms with E-state index in [4.69, 9.17) is 15.2 Å². The normalized spacial score (nSPS) is 10.3. The largest absolute Gasteiger partial charge is 0.493 e. The molecule has 0 bridgehead atoms. The van der Waals surface area contributed by atoms with Crippen molar-refractivity contribution in [3.63, 3.8) is 0 Å². The highest BCUT2D eigenvalue weighted by molar-refractivity contribution is 5.74. The van der Waals surface area contributed by atoms with Crippen molar-refractivity contribution in [2.45, 2.75) is 6.42 Å². The number of methoxy groups -OCH3 is 2. The molecule has 0 fully saturated rings. The zero-order valence-electron chi connectivity index (χ0n) is 11.3. The molecule has 0 saturated heterocycles. The van der Waals surface area contributed by atoms with E-state index in [2.05, 4.69) is 18.2 Å². The van der Waals surface area contributed by atoms with Crippen molar-refractivity contribution < 1.29 is 9.47 Å². The van der Waals surface area contributed by atoms with Gasteiger partial charge in [0.15, 0.2) is 11.5 Å². The second kappa shape index (κ2) is 6.25. The molecule has 3 heteroatoms. The Labute approximate surface area is 114 Å². The molecular formula is C16H19NO2. The van der Waals surface area contributed by atoms with Crippen LogP contribution in [0.25, 0.3) is 11.1 Å². The Morgan fingerprint density at radius 2 is 1.74 bits per heavy atom. The fourth-order valence-corrected chi connectivity index (χ4v) is 2.16. The van der Waals surface area contributed by atoms with Crippen molar-refractivity contribution in [1.29, 1.82) is 0 Å². The van der Waals surface area contributed by atoms with Gasteiger partial charge in [-0.1, -0.05) is 30.3 Å². The van der Waals surface area contributed by atoms with Gasteiger partial charge in [-0.15, -0.1) is 0 Å². The predicted octanol–water partition coefficient (Wildman–Crippen LogP) is 2.87. The molecule has 2 aromatic rings. The van der Waals surface area contributed by atoms with Gasteiger partial charge in [0.1, 0.15) is 0 Å². The van der Waals surface area contributed by atoms with Crippen LogP contribution in [0.15, 0.2) is 42.5 Å². The van der Waals surface area contributed by atoms with Crippen LogP contribution in [0.2, 0.25) is 0 Å². The Balaban J connectivity index is 2.59. The smallest absolute Gasteiger partial charge is 0.168 e. The molecule has 0 heterocycles. The van der Waals surface area contributed by atoms with E-state index in [0.29, 0.717) is 6.54 Å². The van der Waals surface area contributed by atoms with E-state index in [-0.39, 0.29) is 0 Å². The van der Waals surface area contributed by atoms with Crippen LogP contribution in [-0.2, 0) is 6.42 Å². The molecule has 2 N–H and O–H groups in total. The summed E-state index contributed by atoms with van der Waals surface area (Å²) < 4.78 is 10.9.